The lowest BCUT2D eigenvalue weighted by Crippen LogP contribution is -2.13. The topological polar surface area (TPSA) is 12.5 Å². The van der Waals surface area contributed by atoms with Gasteiger partial charge in [-0.3, -0.25) is 0 Å². The van der Waals surface area contributed by atoms with Gasteiger partial charge in [-0.15, -0.1) is 6.58 Å². The molecule has 1 heteroatoms. The first kappa shape index (κ1) is 7.35. The van der Waals surface area contributed by atoms with Crippen molar-refractivity contribution in [3.63, 3.8) is 0 Å². The molecule has 11 heavy (non-hydrogen) atoms. The molecule has 62 valence electrons. The molecule has 2 atom stereocenters. The van der Waals surface area contributed by atoms with Gasteiger partial charge in [-0.2, -0.15) is 0 Å². The van der Waals surface area contributed by atoms with E-state index >= 15 is 0 Å². The summed E-state index contributed by atoms with van der Waals surface area (Å²) < 4.78 is 5.49. The lowest BCUT2D eigenvalue weighted by Gasteiger charge is -2.19. The van der Waals surface area contributed by atoms with Gasteiger partial charge in [0.2, 0.25) is 0 Å². The maximum absolute atomic E-state index is 5.49. The maximum Gasteiger partial charge on any atom is 0.102 e. The second-order valence-corrected chi connectivity index (χ2v) is 3.70. The van der Waals surface area contributed by atoms with Crippen LogP contribution in [0.15, 0.2) is 12.7 Å². The van der Waals surface area contributed by atoms with Crippen LogP contribution in [0.3, 0.4) is 0 Å². The second-order valence-electron chi connectivity index (χ2n) is 3.70. The summed E-state index contributed by atoms with van der Waals surface area (Å²) in [7, 11) is 0. The summed E-state index contributed by atoms with van der Waals surface area (Å²) in [5.74, 6) is 0.853. The molecule has 0 aromatic heterocycles. The third-order valence-corrected chi connectivity index (χ3v) is 2.91. The highest BCUT2D eigenvalue weighted by Gasteiger charge is 2.42. The number of hydrogen-bond acceptors (Lipinski definition) is 1. The van der Waals surface area contributed by atoms with Crippen molar-refractivity contribution in [2.75, 3.05) is 0 Å². The molecule has 0 N–H and O–H groups in total. The molecule has 1 saturated heterocycles. The van der Waals surface area contributed by atoms with Crippen molar-refractivity contribution in [3.05, 3.63) is 12.7 Å². The highest BCUT2D eigenvalue weighted by molar-refractivity contribution is 5.01. The molecule has 0 spiro atoms. The number of rotatable bonds is 2. The van der Waals surface area contributed by atoms with Crippen molar-refractivity contribution in [3.8, 4) is 0 Å². The van der Waals surface area contributed by atoms with Gasteiger partial charge in [0.15, 0.2) is 0 Å². The molecule has 1 aliphatic carbocycles. The van der Waals surface area contributed by atoms with Crippen LogP contribution in [0.1, 0.15) is 32.1 Å². The van der Waals surface area contributed by atoms with Gasteiger partial charge in [-0.1, -0.05) is 25.3 Å². The normalized spacial score (nSPS) is 38.5. The smallest absolute Gasteiger partial charge is 0.102 e. The van der Waals surface area contributed by atoms with Gasteiger partial charge in [0.25, 0.3) is 0 Å². The van der Waals surface area contributed by atoms with E-state index in [-0.39, 0.29) is 0 Å². The summed E-state index contributed by atoms with van der Waals surface area (Å²) in [5.41, 5.74) is 0. The summed E-state index contributed by atoms with van der Waals surface area (Å²) in [6.45, 7) is 3.74. The Balaban J connectivity index is 1.81. The first-order valence-corrected chi connectivity index (χ1v) is 4.70. The second kappa shape index (κ2) is 2.98. The number of ether oxygens (including phenoxy) is 1. The quantitative estimate of drug-likeness (QED) is 0.437. The van der Waals surface area contributed by atoms with E-state index in [9.17, 15) is 0 Å². The summed E-state index contributed by atoms with van der Waals surface area (Å²) in [6.07, 6.45) is 9.92. The molecule has 0 aromatic carbocycles. The average Bonchev–Trinajstić information content (AvgIpc) is 2.85. The van der Waals surface area contributed by atoms with E-state index in [2.05, 4.69) is 6.58 Å². The monoisotopic (exact) mass is 152 g/mol. The van der Waals surface area contributed by atoms with Crippen molar-refractivity contribution in [1.29, 1.82) is 0 Å². The zero-order valence-corrected chi connectivity index (χ0v) is 6.96. The van der Waals surface area contributed by atoms with Gasteiger partial charge in [0.1, 0.15) is 6.10 Å². The van der Waals surface area contributed by atoms with Crippen LogP contribution in [0.4, 0.5) is 0 Å². The van der Waals surface area contributed by atoms with Gasteiger partial charge in [0, 0.05) is 0 Å². The summed E-state index contributed by atoms with van der Waals surface area (Å²) in [4.78, 5) is 0. The van der Waals surface area contributed by atoms with E-state index in [0.717, 1.165) is 5.92 Å². The van der Waals surface area contributed by atoms with Crippen molar-refractivity contribution >= 4 is 0 Å². The van der Waals surface area contributed by atoms with Crippen molar-refractivity contribution in [2.24, 2.45) is 5.92 Å². The van der Waals surface area contributed by atoms with Crippen LogP contribution >= 0.6 is 0 Å². The minimum atomic E-state index is 0.401. The van der Waals surface area contributed by atoms with E-state index in [1.165, 1.54) is 32.1 Å². The van der Waals surface area contributed by atoms with Gasteiger partial charge >= 0.3 is 0 Å². The van der Waals surface area contributed by atoms with Crippen LogP contribution in [0.25, 0.3) is 0 Å². The van der Waals surface area contributed by atoms with E-state index in [0.29, 0.717) is 12.2 Å². The highest BCUT2D eigenvalue weighted by atomic mass is 16.6. The molecule has 0 radical (unpaired) electrons. The van der Waals surface area contributed by atoms with Gasteiger partial charge in [-0.05, 0) is 18.8 Å². The molecule has 1 nitrogen and oxygen atoms in total. The number of hydrogen-bond donors (Lipinski definition) is 0. The predicted molar refractivity (Wildman–Crippen MR) is 45.4 cm³/mol. The van der Waals surface area contributed by atoms with Crippen molar-refractivity contribution in [2.45, 2.75) is 44.3 Å². The molecule has 0 bridgehead atoms. The minimum Gasteiger partial charge on any atom is -0.365 e. The van der Waals surface area contributed by atoms with E-state index in [1.807, 2.05) is 6.08 Å². The van der Waals surface area contributed by atoms with Crippen LogP contribution in [0.2, 0.25) is 0 Å². The first-order valence-electron chi connectivity index (χ1n) is 4.70. The van der Waals surface area contributed by atoms with Gasteiger partial charge < -0.3 is 4.74 Å². The summed E-state index contributed by atoms with van der Waals surface area (Å²) in [6, 6.07) is 0. The molecular weight excluding hydrogens is 136 g/mol. The Morgan fingerprint density at radius 2 is 1.91 bits per heavy atom. The fourth-order valence-corrected chi connectivity index (χ4v) is 2.17. The number of epoxide rings is 1. The Bertz CT molecular complexity index is 147. The van der Waals surface area contributed by atoms with Gasteiger partial charge in [-0.25, -0.2) is 0 Å². The largest absolute Gasteiger partial charge is 0.365 e. The molecule has 0 aromatic rings. The molecule has 2 fully saturated rings. The molecule has 1 aliphatic heterocycles. The molecule has 2 aliphatic rings. The maximum atomic E-state index is 5.49. The van der Waals surface area contributed by atoms with Crippen LogP contribution in [-0.4, -0.2) is 12.2 Å². The minimum absolute atomic E-state index is 0.401. The average molecular weight is 152 g/mol. The summed E-state index contributed by atoms with van der Waals surface area (Å²) >= 11 is 0. The predicted octanol–water partition coefficient (Wildman–Crippen LogP) is 2.52. The zero-order chi connectivity index (χ0) is 7.68. The van der Waals surface area contributed by atoms with Crippen LogP contribution in [0, 0.1) is 5.92 Å². The van der Waals surface area contributed by atoms with Crippen LogP contribution in [0.5, 0.6) is 0 Å². The SMILES string of the molecule is C=CC1OC1C1CCCCC1. The Kier molecular flexibility index (Phi) is 1.99. The Labute approximate surface area is 68.4 Å². The third kappa shape index (κ3) is 1.48. The standard InChI is InChI=1S/C10H16O/c1-2-9-10(11-9)8-6-4-3-5-7-8/h2,8-10H,1,3-7H2. The molecule has 1 heterocycles. The van der Waals surface area contributed by atoms with Crippen LogP contribution in [-0.2, 0) is 4.74 Å². The molecule has 1 saturated carbocycles. The first-order chi connectivity index (χ1) is 5.42. The molecule has 0 amide bonds. The molecule has 2 rings (SSSR count). The lowest BCUT2D eigenvalue weighted by atomic mass is 9.86. The van der Waals surface area contributed by atoms with Crippen LogP contribution < -0.4 is 0 Å². The zero-order valence-electron chi connectivity index (χ0n) is 6.96. The highest BCUT2D eigenvalue weighted by Crippen LogP contribution is 2.38. The molecule has 2 unspecified atom stereocenters. The Morgan fingerprint density at radius 3 is 2.45 bits per heavy atom. The fourth-order valence-electron chi connectivity index (χ4n) is 2.17. The fraction of sp³-hybridized carbons (Fsp3) is 0.800. The van der Waals surface area contributed by atoms with Gasteiger partial charge in [0.05, 0.1) is 6.10 Å². The third-order valence-electron chi connectivity index (χ3n) is 2.91. The Morgan fingerprint density at radius 1 is 1.18 bits per heavy atom. The van der Waals surface area contributed by atoms with E-state index in [4.69, 9.17) is 4.74 Å². The van der Waals surface area contributed by atoms with Crippen molar-refractivity contribution in [1.82, 2.24) is 0 Å². The summed E-state index contributed by atoms with van der Waals surface area (Å²) in [5, 5.41) is 0. The lowest BCUT2D eigenvalue weighted by molar-refractivity contribution is 0.264. The van der Waals surface area contributed by atoms with Crippen molar-refractivity contribution < 1.29 is 4.74 Å². The molecular formula is C10H16O. The van der Waals surface area contributed by atoms with E-state index < -0.39 is 0 Å². The Hall–Kier alpha value is -0.300. The van der Waals surface area contributed by atoms with E-state index in [1.54, 1.807) is 0 Å².